The number of hydrogen-bond acceptors (Lipinski definition) is 1. The van der Waals surface area contributed by atoms with Gasteiger partial charge in [-0.05, 0) is 44.2 Å². The summed E-state index contributed by atoms with van der Waals surface area (Å²) in [5.41, 5.74) is 1.20. The van der Waals surface area contributed by atoms with Gasteiger partial charge >= 0.3 is 0 Å². The van der Waals surface area contributed by atoms with Gasteiger partial charge in [0.2, 0.25) is 0 Å². The lowest BCUT2D eigenvalue weighted by molar-refractivity contribution is 0.0397. The molecule has 0 saturated heterocycles. The van der Waals surface area contributed by atoms with Crippen LogP contribution >= 0.6 is 0 Å². The normalized spacial score (nSPS) is 14.5. The number of halogens is 4. The lowest BCUT2D eigenvalue weighted by Crippen LogP contribution is -2.17. The number of carbonyl (C=O) groups is 1. The Balaban J connectivity index is 1.81. The van der Waals surface area contributed by atoms with Crippen LogP contribution in [0.4, 0.5) is 23.2 Å². The lowest BCUT2D eigenvalue weighted by atomic mass is 10.00. The third-order valence-electron chi connectivity index (χ3n) is 5.04. The minimum absolute atomic E-state index is 0.0911. The molecule has 2 aromatic carbocycles. The standard InChI is InChI=1S/C22H16F4N2O/c1-12-9-15-11-16(21(29)27-14-7-8-18(23)19(24)10-14)13(2)28(15)20-6-4-3-5-17(20)22(12,25)26/h3-11H,1-2H3,(H,27,29). The van der Waals surface area contributed by atoms with Crippen LogP contribution in [-0.2, 0) is 5.92 Å². The first-order chi connectivity index (χ1) is 13.7. The zero-order valence-corrected chi connectivity index (χ0v) is 15.6. The number of rotatable bonds is 2. The first kappa shape index (κ1) is 19.0. The van der Waals surface area contributed by atoms with E-state index in [9.17, 15) is 22.4 Å². The summed E-state index contributed by atoms with van der Waals surface area (Å²) in [4.78, 5) is 12.7. The van der Waals surface area contributed by atoms with Gasteiger partial charge in [-0.1, -0.05) is 18.2 Å². The van der Waals surface area contributed by atoms with E-state index >= 15 is 0 Å². The van der Waals surface area contributed by atoms with Crippen LogP contribution in [0.1, 0.15) is 34.2 Å². The molecular weight excluding hydrogens is 384 g/mol. The van der Waals surface area contributed by atoms with Crippen molar-refractivity contribution in [2.24, 2.45) is 0 Å². The Labute approximate surface area is 164 Å². The molecule has 1 N–H and O–H groups in total. The van der Waals surface area contributed by atoms with Gasteiger partial charge in [0.05, 0.1) is 11.3 Å². The van der Waals surface area contributed by atoms with Crippen molar-refractivity contribution >= 4 is 17.7 Å². The van der Waals surface area contributed by atoms with Crippen molar-refractivity contribution in [1.82, 2.24) is 4.57 Å². The first-order valence-corrected chi connectivity index (χ1v) is 8.85. The SMILES string of the molecule is CC1=Cc2cc(C(=O)Nc3ccc(F)c(F)c3)c(C)n2-c2ccccc2C1(F)F. The quantitative estimate of drug-likeness (QED) is 0.540. The van der Waals surface area contributed by atoms with Gasteiger partial charge in [-0.15, -0.1) is 0 Å². The second-order valence-corrected chi connectivity index (χ2v) is 6.91. The van der Waals surface area contributed by atoms with Crippen LogP contribution in [0, 0.1) is 18.6 Å². The maximum Gasteiger partial charge on any atom is 0.296 e. The molecule has 3 nitrogen and oxygen atoms in total. The fourth-order valence-electron chi connectivity index (χ4n) is 3.52. The first-order valence-electron chi connectivity index (χ1n) is 8.85. The molecule has 1 aromatic heterocycles. The van der Waals surface area contributed by atoms with Gasteiger partial charge in [-0.25, -0.2) is 8.78 Å². The molecule has 1 aliphatic rings. The maximum atomic E-state index is 14.8. The van der Waals surface area contributed by atoms with Crippen molar-refractivity contribution in [3.63, 3.8) is 0 Å². The van der Waals surface area contributed by atoms with Gasteiger partial charge < -0.3 is 9.88 Å². The molecule has 3 aromatic rings. The van der Waals surface area contributed by atoms with E-state index in [1.165, 1.54) is 31.2 Å². The van der Waals surface area contributed by atoms with Crippen molar-refractivity contribution in [2.75, 3.05) is 5.32 Å². The smallest absolute Gasteiger partial charge is 0.296 e. The molecular formula is C22H16F4N2O. The highest BCUT2D eigenvalue weighted by atomic mass is 19.3. The van der Waals surface area contributed by atoms with Crippen LogP contribution in [0.2, 0.25) is 0 Å². The lowest BCUT2D eigenvalue weighted by Gasteiger charge is -2.19. The topological polar surface area (TPSA) is 34.0 Å². The molecule has 1 amide bonds. The number of carbonyl (C=O) groups excluding carboxylic acids is 1. The van der Waals surface area contributed by atoms with E-state index in [2.05, 4.69) is 5.32 Å². The monoisotopic (exact) mass is 400 g/mol. The number of amides is 1. The highest BCUT2D eigenvalue weighted by Gasteiger charge is 2.39. The van der Waals surface area contributed by atoms with E-state index in [0.29, 0.717) is 11.4 Å². The average molecular weight is 400 g/mol. The molecule has 29 heavy (non-hydrogen) atoms. The number of para-hydroxylation sites is 1. The third-order valence-corrected chi connectivity index (χ3v) is 5.04. The zero-order valence-electron chi connectivity index (χ0n) is 15.6. The number of fused-ring (bicyclic) bond motifs is 3. The van der Waals surface area contributed by atoms with Crippen LogP contribution in [-0.4, -0.2) is 10.5 Å². The minimum atomic E-state index is -3.14. The fourth-order valence-corrected chi connectivity index (χ4v) is 3.52. The summed E-state index contributed by atoms with van der Waals surface area (Å²) >= 11 is 0. The Morgan fingerprint density at radius 3 is 2.45 bits per heavy atom. The second kappa shape index (κ2) is 6.62. The number of aromatic nitrogens is 1. The number of allylic oxidation sites excluding steroid dienone is 1. The molecule has 0 aliphatic carbocycles. The molecule has 0 spiro atoms. The molecule has 0 unspecified atom stereocenters. The number of anilines is 1. The molecule has 0 radical (unpaired) electrons. The molecule has 148 valence electrons. The Kier molecular flexibility index (Phi) is 4.33. The molecule has 7 heteroatoms. The van der Waals surface area contributed by atoms with E-state index in [0.717, 1.165) is 12.1 Å². The third kappa shape index (κ3) is 3.03. The van der Waals surface area contributed by atoms with Crippen LogP contribution in [0.5, 0.6) is 0 Å². The van der Waals surface area contributed by atoms with Gasteiger partial charge in [-0.3, -0.25) is 4.79 Å². The van der Waals surface area contributed by atoms with Crippen molar-refractivity contribution in [3.05, 3.63) is 88.3 Å². The predicted molar refractivity (Wildman–Crippen MR) is 102 cm³/mol. The minimum Gasteiger partial charge on any atom is -0.322 e. The summed E-state index contributed by atoms with van der Waals surface area (Å²) in [6, 6.07) is 10.7. The van der Waals surface area contributed by atoms with E-state index in [1.54, 1.807) is 29.7 Å². The maximum absolute atomic E-state index is 14.8. The summed E-state index contributed by atoms with van der Waals surface area (Å²) in [5, 5.41) is 2.52. The molecule has 0 bridgehead atoms. The Hall–Kier alpha value is -3.35. The Morgan fingerprint density at radius 1 is 1.00 bits per heavy atom. The highest BCUT2D eigenvalue weighted by molar-refractivity contribution is 6.05. The van der Waals surface area contributed by atoms with Crippen LogP contribution in [0.15, 0.2) is 54.1 Å². The highest BCUT2D eigenvalue weighted by Crippen LogP contribution is 2.43. The molecule has 0 atom stereocenters. The van der Waals surface area contributed by atoms with Gasteiger partial charge in [0.15, 0.2) is 11.6 Å². The predicted octanol–water partition coefficient (Wildman–Crippen LogP) is 5.82. The van der Waals surface area contributed by atoms with Crippen LogP contribution in [0.3, 0.4) is 0 Å². The van der Waals surface area contributed by atoms with Gasteiger partial charge in [0.25, 0.3) is 11.8 Å². The van der Waals surface area contributed by atoms with Crippen molar-refractivity contribution < 1.29 is 22.4 Å². The molecule has 1 aliphatic heterocycles. The largest absolute Gasteiger partial charge is 0.322 e. The van der Waals surface area contributed by atoms with Crippen LogP contribution in [0.25, 0.3) is 11.8 Å². The van der Waals surface area contributed by atoms with E-state index in [4.69, 9.17) is 0 Å². The summed E-state index contributed by atoms with van der Waals surface area (Å²) in [6.45, 7) is 2.99. The van der Waals surface area contributed by atoms with E-state index < -0.39 is 23.5 Å². The van der Waals surface area contributed by atoms with Crippen molar-refractivity contribution in [1.29, 1.82) is 0 Å². The van der Waals surface area contributed by atoms with Crippen LogP contribution < -0.4 is 5.32 Å². The average Bonchev–Trinajstić information content (AvgIpc) is 2.96. The Morgan fingerprint density at radius 2 is 1.72 bits per heavy atom. The van der Waals surface area contributed by atoms with Crippen molar-refractivity contribution in [2.45, 2.75) is 19.8 Å². The second-order valence-electron chi connectivity index (χ2n) is 6.91. The Bertz CT molecular complexity index is 1180. The number of hydrogen-bond donors (Lipinski definition) is 1. The van der Waals surface area contributed by atoms with Gasteiger partial charge in [-0.2, -0.15) is 8.78 Å². The molecule has 2 heterocycles. The fraction of sp³-hybridized carbons (Fsp3) is 0.136. The number of nitrogens with zero attached hydrogens (tertiary/aromatic N) is 1. The number of nitrogens with one attached hydrogen (secondary N) is 1. The summed E-state index contributed by atoms with van der Waals surface area (Å²) in [7, 11) is 0. The molecule has 0 saturated carbocycles. The molecule has 0 fully saturated rings. The van der Waals surface area contributed by atoms with E-state index in [-0.39, 0.29) is 28.1 Å². The van der Waals surface area contributed by atoms with E-state index in [1.807, 2.05) is 0 Å². The molecule has 4 rings (SSSR count). The number of benzene rings is 2. The number of alkyl halides is 2. The zero-order chi connectivity index (χ0) is 20.9. The van der Waals surface area contributed by atoms with Gasteiger partial charge in [0, 0.05) is 34.3 Å². The van der Waals surface area contributed by atoms with Gasteiger partial charge in [0.1, 0.15) is 0 Å². The summed E-state index contributed by atoms with van der Waals surface area (Å²) < 4.78 is 57.7. The van der Waals surface area contributed by atoms with Crippen molar-refractivity contribution in [3.8, 4) is 5.69 Å². The summed E-state index contributed by atoms with van der Waals surface area (Å²) in [6.07, 6.45) is 1.35. The summed E-state index contributed by atoms with van der Waals surface area (Å²) in [5.74, 6) is -5.80.